The fourth-order valence-corrected chi connectivity index (χ4v) is 2.50. The quantitative estimate of drug-likeness (QED) is 0.685. The standard InChI is InChI=1S/C22H18N2O2/c23-21(25)15-8-16-6-13-20(14-7-16)24-22(26)19-11-9-18(10-12-19)17-4-2-1-3-5-17/h1-15H,(H2,23,25)(H,24,26)/b15-8+. The lowest BCUT2D eigenvalue weighted by atomic mass is 10.0. The molecular weight excluding hydrogens is 324 g/mol. The highest BCUT2D eigenvalue weighted by molar-refractivity contribution is 6.04. The van der Waals surface area contributed by atoms with Gasteiger partial charge in [-0.2, -0.15) is 0 Å². The van der Waals surface area contributed by atoms with E-state index in [1.165, 1.54) is 6.08 Å². The molecule has 0 fully saturated rings. The number of nitrogens with two attached hydrogens (primary N) is 1. The third-order valence-corrected chi connectivity index (χ3v) is 3.86. The molecule has 4 heteroatoms. The zero-order valence-corrected chi connectivity index (χ0v) is 14.1. The SMILES string of the molecule is NC(=O)/C=C/c1ccc(NC(=O)c2ccc(-c3ccccc3)cc2)cc1. The summed E-state index contributed by atoms with van der Waals surface area (Å²) < 4.78 is 0. The largest absolute Gasteiger partial charge is 0.366 e. The fourth-order valence-electron chi connectivity index (χ4n) is 2.50. The average molecular weight is 342 g/mol. The summed E-state index contributed by atoms with van der Waals surface area (Å²) in [4.78, 5) is 23.1. The lowest BCUT2D eigenvalue weighted by Crippen LogP contribution is -2.11. The highest BCUT2D eigenvalue weighted by Crippen LogP contribution is 2.20. The van der Waals surface area contributed by atoms with Gasteiger partial charge in [-0.15, -0.1) is 0 Å². The molecule has 128 valence electrons. The van der Waals surface area contributed by atoms with Crippen LogP contribution in [0.5, 0.6) is 0 Å². The molecule has 3 N–H and O–H groups in total. The number of hydrogen-bond donors (Lipinski definition) is 2. The van der Waals surface area contributed by atoms with Crippen molar-refractivity contribution in [3.05, 3.63) is 96.1 Å². The molecule has 0 heterocycles. The molecule has 0 radical (unpaired) electrons. The van der Waals surface area contributed by atoms with E-state index in [2.05, 4.69) is 5.32 Å². The van der Waals surface area contributed by atoms with Gasteiger partial charge in [-0.25, -0.2) is 0 Å². The van der Waals surface area contributed by atoms with Crippen LogP contribution < -0.4 is 11.1 Å². The van der Waals surface area contributed by atoms with Crippen LogP contribution >= 0.6 is 0 Å². The smallest absolute Gasteiger partial charge is 0.255 e. The van der Waals surface area contributed by atoms with Crippen molar-refractivity contribution < 1.29 is 9.59 Å². The molecule has 3 aromatic rings. The van der Waals surface area contributed by atoms with Crippen LogP contribution in [0.4, 0.5) is 5.69 Å². The summed E-state index contributed by atoms with van der Waals surface area (Å²) in [7, 11) is 0. The predicted molar refractivity (Wildman–Crippen MR) is 105 cm³/mol. The maximum absolute atomic E-state index is 12.4. The summed E-state index contributed by atoms with van der Waals surface area (Å²) >= 11 is 0. The van der Waals surface area contributed by atoms with E-state index in [-0.39, 0.29) is 5.91 Å². The summed E-state index contributed by atoms with van der Waals surface area (Å²) in [5.41, 5.74) is 9.33. The number of rotatable bonds is 5. The number of carbonyl (C=O) groups excluding carboxylic acids is 2. The minimum Gasteiger partial charge on any atom is -0.366 e. The summed E-state index contributed by atoms with van der Waals surface area (Å²) in [6, 6.07) is 24.6. The Labute approximate surface area is 152 Å². The molecule has 0 aliphatic carbocycles. The van der Waals surface area contributed by atoms with Crippen molar-refractivity contribution >= 4 is 23.6 Å². The second kappa shape index (κ2) is 7.94. The third-order valence-electron chi connectivity index (χ3n) is 3.86. The fraction of sp³-hybridized carbons (Fsp3) is 0. The number of anilines is 1. The summed E-state index contributed by atoms with van der Waals surface area (Å²) in [6.07, 6.45) is 2.91. The monoisotopic (exact) mass is 342 g/mol. The summed E-state index contributed by atoms with van der Waals surface area (Å²) in [5, 5.41) is 2.85. The van der Waals surface area contributed by atoms with Gasteiger partial charge in [-0.05, 0) is 47.0 Å². The first kappa shape index (κ1) is 17.2. The number of primary amides is 1. The Bertz CT molecular complexity index is 928. The van der Waals surface area contributed by atoms with Crippen molar-refractivity contribution in [3.63, 3.8) is 0 Å². The normalized spacial score (nSPS) is 10.6. The van der Waals surface area contributed by atoms with Crippen LogP contribution in [-0.2, 0) is 4.79 Å². The van der Waals surface area contributed by atoms with E-state index >= 15 is 0 Å². The van der Waals surface area contributed by atoms with Crippen LogP contribution in [0.15, 0.2) is 84.9 Å². The first-order chi connectivity index (χ1) is 12.6. The first-order valence-electron chi connectivity index (χ1n) is 8.16. The van der Waals surface area contributed by atoms with Gasteiger partial charge in [-0.3, -0.25) is 9.59 Å². The van der Waals surface area contributed by atoms with E-state index in [0.717, 1.165) is 16.7 Å². The Morgan fingerprint density at radius 1 is 0.769 bits per heavy atom. The molecule has 0 aliphatic rings. The molecule has 0 aliphatic heterocycles. The van der Waals surface area contributed by atoms with Gasteiger partial charge >= 0.3 is 0 Å². The molecule has 3 rings (SSSR count). The number of carbonyl (C=O) groups is 2. The lowest BCUT2D eigenvalue weighted by molar-refractivity contribution is -0.113. The summed E-state index contributed by atoms with van der Waals surface area (Å²) in [5.74, 6) is -0.675. The van der Waals surface area contributed by atoms with E-state index in [0.29, 0.717) is 11.3 Å². The van der Waals surface area contributed by atoms with Crippen molar-refractivity contribution in [2.45, 2.75) is 0 Å². The Balaban J connectivity index is 1.67. The summed E-state index contributed by atoms with van der Waals surface area (Å²) in [6.45, 7) is 0. The highest BCUT2D eigenvalue weighted by Gasteiger charge is 2.06. The minimum absolute atomic E-state index is 0.176. The highest BCUT2D eigenvalue weighted by atomic mass is 16.1. The predicted octanol–water partition coefficient (Wildman–Crippen LogP) is 4.10. The molecule has 0 saturated carbocycles. The van der Waals surface area contributed by atoms with Crippen LogP contribution in [0, 0.1) is 0 Å². The number of hydrogen-bond acceptors (Lipinski definition) is 2. The van der Waals surface area contributed by atoms with Gasteiger partial charge in [-0.1, -0.05) is 54.6 Å². The van der Waals surface area contributed by atoms with Gasteiger partial charge < -0.3 is 11.1 Å². The van der Waals surface area contributed by atoms with Gasteiger partial charge in [0.2, 0.25) is 5.91 Å². The molecule has 0 saturated heterocycles. The van der Waals surface area contributed by atoms with Crippen molar-refractivity contribution in [2.75, 3.05) is 5.32 Å². The molecule has 0 bridgehead atoms. The molecule has 26 heavy (non-hydrogen) atoms. The van der Waals surface area contributed by atoms with Crippen LogP contribution in [0.2, 0.25) is 0 Å². The molecular formula is C22H18N2O2. The van der Waals surface area contributed by atoms with E-state index < -0.39 is 5.91 Å². The van der Waals surface area contributed by atoms with E-state index in [1.807, 2.05) is 54.6 Å². The zero-order chi connectivity index (χ0) is 18.4. The molecule has 0 unspecified atom stereocenters. The molecule has 0 atom stereocenters. The Hall–Kier alpha value is -3.66. The Morgan fingerprint density at radius 3 is 2.00 bits per heavy atom. The number of nitrogens with one attached hydrogen (secondary N) is 1. The Kier molecular flexibility index (Phi) is 5.25. The van der Waals surface area contributed by atoms with E-state index in [9.17, 15) is 9.59 Å². The minimum atomic E-state index is -0.499. The second-order valence-electron chi connectivity index (χ2n) is 5.76. The van der Waals surface area contributed by atoms with Gasteiger partial charge in [0, 0.05) is 17.3 Å². The van der Waals surface area contributed by atoms with E-state index in [4.69, 9.17) is 5.73 Å². The van der Waals surface area contributed by atoms with Gasteiger partial charge in [0.1, 0.15) is 0 Å². The van der Waals surface area contributed by atoms with Crippen LogP contribution in [-0.4, -0.2) is 11.8 Å². The van der Waals surface area contributed by atoms with Crippen LogP contribution in [0.3, 0.4) is 0 Å². The Morgan fingerprint density at radius 2 is 1.38 bits per heavy atom. The number of amides is 2. The maximum Gasteiger partial charge on any atom is 0.255 e. The van der Waals surface area contributed by atoms with Gasteiger partial charge in [0.25, 0.3) is 5.91 Å². The van der Waals surface area contributed by atoms with Crippen molar-refractivity contribution in [1.29, 1.82) is 0 Å². The van der Waals surface area contributed by atoms with Crippen LogP contribution in [0.1, 0.15) is 15.9 Å². The molecule has 3 aromatic carbocycles. The van der Waals surface area contributed by atoms with Crippen LogP contribution in [0.25, 0.3) is 17.2 Å². The van der Waals surface area contributed by atoms with Crippen molar-refractivity contribution in [2.24, 2.45) is 5.73 Å². The first-order valence-corrected chi connectivity index (χ1v) is 8.16. The molecule has 4 nitrogen and oxygen atoms in total. The van der Waals surface area contributed by atoms with Crippen molar-refractivity contribution in [3.8, 4) is 11.1 Å². The van der Waals surface area contributed by atoms with Gasteiger partial charge in [0.15, 0.2) is 0 Å². The number of benzene rings is 3. The van der Waals surface area contributed by atoms with E-state index in [1.54, 1.807) is 30.3 Å². The third kappa shape index (κ3) is 4.45. The molecule has 0 spiro atoms. The molecule has 2 amide bonds. The second-order valence-corrected chi connectivity index (χ2v) is 5.76. The molecule has 0 aromatic heterocycles. The zero-order valence-electron chi connectivity index (χ0n) is 14.1. The topological polar surface area (TPSA) is 72.2 Å². The van der Waals surface area contributed by atoms with Gasteiger partial charge in [0.05, 0.1) is 0 Å². The van der Waals surface area contributed by atoms with Crippen molar-refractivity contribution in [1.82, 2.24) is 0 Å². The average Bonchev–Trinajstić information content (AvgIpc) is 2.68. The maximum atomic E-state index is 12.4. The lowest BCUT2D eigenvalue weighted by Gasteiger charge is -2.07.